The van der Waals surface area contributed by atoms with Crippen molar-refractivity contribution in [3.8, 4) is 0 Å². The number of allylic oxidation sites excluding steroid dienone is 1. The predicted octanol–water partition coefficient (Wildman–Crippen LogP) is 6.30. The van der Waals surface area contributed by atoms with Crippen LogP contribution in [0.25, 0.3) is 0 Å². The van der Waals surface area contributed by atoms with Gasteiger partial charge in [0.1, 0.15) is 0 Å². The zero-order valence-corrected chi connectivity index (χ0v) is 15.6. The van der Waals surface area contributed by atoms with Crippen molar-refractivity contribution in [1.29, 1.82) is 0 Å². The summed E-state index contributed by atoms with van der Waals surface area (Å²) < 4.78 is 0. The van der Waals surface area contributed by atoms with Crippen LogP contribution >= 0.6 is 0 Å². The fraction of sp³-hybridized carbons (Fsp3) is 0.348. The van der Waals surface area contributed by atoms with Crippen LogP contribution in [0.5, 0.6) is 0 Å². The SMILES string of the molecule is C=C(C)CCC[C@H](C)CCN(N=Cc1ccccc1)c1ccccc1. The van der Waals surface area contributed by atoms with Crippen molar-refractivity contribution in [3.63, 3.8) is 0 Å². The molecule has 0 aromatic heterocycles. The minimum atomic E-state index is 0.692. The van der Waals surface area contributed by atoms with E-state index in [2.05, 4.69) is 61.8 Å². The zero-order chi connectivity index (χ0) is 17.9. The Hall–Kier alpha value is -2.35. The van der Waals surface area contributed by atoms with Gasteiger partial charge in [-0.25, -0.2) is 0 Å². The molecule has 0 aliphatic rings. The van der Waals surface area contributed by atoms with Crippen LogP contribution < -0.4 is 5.01 Å². The molecule has 0 heterocycles. The van der Waals surface area contributed by atoms with Gasteiger partial charge in [-0.2, -0.15) is 5.10 Å². The van der Waals surface area contributed by atoms with Crippen molar-refractivity contribution < 1.29 is 0 Å². The van der Waals surface area contributed by atoms with Gasteiger partial charge < -0.3 is 0 Å². The Balaban J connectivity index is 1.95. The highest BCUT2D eigenvalue weighted by Gasteiger charge is 2.08. The summed E-state index contributed by atoms with van der Waals surface area (Å²) in [5.41, 5.74) is 3.55. The first-order valence-corrected chi connectivity index (χ1v) is 9.21. The summed E-state index contributed by atoms with van der Waals surface area (Å²) in [5.74, 6) is 0.692. The van der Waals surface area contributed by atoms with E-state index in [1.165, 1.54) is 18.4 Å². The molecule has 1 atom stereocenters. The van der Waals surface area contributed by atoms with Gasteiger partial charge in [-0.3, -0.25) is 5.01 Å². The molecule has 0 unspecified atom stereocenters. The van der Waals surface area contributed by atoms with Crippen LogP contribution in [0.2, 0.25) is 0 Å². The fourth-order valence-electron chi connectivity index (χ4n) is 2.77. The third kappa shape index (κ3) is 7.38. The van der Waals surface area contributed by atoms with Crippen LogP contribution in [0.15, 0.2) is 77.9 Å². The fourth-order valence-corrected chi connectivity index (χ4v) is 2.77. The largest absolute Gasteiger partial charge is 0.266 e. The lowest BCUT2D eigenvalue weighted by molar-refractivity contribution is 0.474. The molecule has 25 heavy (non-hydrogen) atoms. The highest BCUT2D eigenvalue weighted by Crippen LogP contribution is 2.19. The standard InChI is InChI=1S/C23H30N2/c1-20(2)11-10-12-21(3)17-18-25(23-15-8-5-9-16-23)24-19-22-13-6-4-7-14-22/h4-9,13-16,19,21H,1,10-12,17-18H2,2-3H3/t21-/m0/s1. The van der Waals surface area contributed by atoms with E-state index in [4.69, 9.17) is 5.10 Å². The smallest absolute Gasteiger partial charge is 0.0593 e. The van der Waals surface area contributed by atoms with Crippen LogP contribution in [-0.2, 0) is 0 Å². The van der Waals surface area contributed by atoms with Crippen LogP contribution in [0.4, 0.5) is 5.69 Å². The van der Waals surface area contributed by atoms with Gasteiger partial charge in [0.25, 0.3) is 0 Å². The summed E-state index contributed by atoms with van der Waals surface area (Å²) >= 11 is 0. The Labute approximate surface area is 152 Å². The quantitative estimate of drug-likeness (QED) is 0.283. The number of hydrogen-bond donors (Lipinski definition) is 0. The third-order valence-electron chi connectivity index (χ3n) is 4.33. The van der Waals surface area contributed by atoms with E-state index in [9.17, 15) is 0 Å². The highest BCUT2D eigenvalue weighted by atomic mass is 15.4. The van der Waals surface area contributed by atoms with E-state index in [1.807, 2.05) is 30.5 Å². The maximum atomic E-state index is 4.74. The summed E-state index contributed by atoms with van der Waals surface area (Å²) in [6.45, 7) is 9.37. The Bertz CT molecular complexity index is 646. The Morgan fingerprint density at radius 1 is 1.04 bits per heavy atom. The van der Waals surface area contributed by atoms with Crippen LogP contribution in [0.1, 0.15) is 45.1 Å². The van der Waals surface area contributed by atoms with E-state index in [0.29, 0.717) is 5.92 Å². The molecule has 0 bridgehead atoms. The molecule has 0 fully saturated rings. The van der Waals surface area contributed by atoms with Gasteiger partial charge in [0, 0.05) is 6.54 Å². The average molecular weight is 335 g/mol. The second kappa shape index (κ2) is 10.5. The van der Waals surface area contributed by atoms with Crippen LogP contribution in [-0.4, -0.2) is 12.8 Å². The topological polar surface area (TPSA) is 15.6 Å². The highest BCUT2D eigenvalue weighted by molar-refractivity contribution is 5.80. The van der Waals surface area contributed by atoms with Crippen molar-refractivity contribution in [3.05, 3.63) is 78.4 Å². The molecule has 0 saturated heterocycles. The molecule has 2 aromatic rings. The van der Waals surface area contributed by atoms with E-state index in [1.54, 1.807) is 0 Å². The lowest BCUT2D eigenvalue weighted by atomic mass is 9.99. The maximum absolute atomic E-state index is 4.74. The number of rotatable bonds is 10. The zero-order valence-electron chi connectivity index (χ0n) is 15.6. The van der Waals surface area contributed by atoms with Gasteiger partial charge in [0.15, 0.2) is 0 Å². The van der Waals surface area contributed by atoms with Crippen molar-refractivity contribution in [1.82, 2.24) is 0 Å². The van der Waals surface area contributed by atoms with Crippen LogP contribution in [0, 0.1) is 5.92 Å². The molecule has 132 valence electrons. The Morgan fingerprint density at radius 2 is 1.68 bits per heavy atom. The molecular formula is C23H30N2. The summed E-state index contributed by atoms with van der Waals surface area (Å²) in [6.07, 6.45) is 6.70. The summed E-state index contributed by atoms with van der Waals surface area (Å²) in [6, 6.07) is 20.7. The van der Waals surface area contributed by atoms with Gasteiger partial charge in [-0.05, 0) is 49.8 Å². The van der Waals surface area contributed by atoms with Gasteiger partial charge >= 0.3 is 0 Å². The second-order valence-corrected chi connectivity index (χ2v) is 6.86. The third-order valence-corrected chi connectivity index (χ3v) is 4.33. The van der Waals surface area contributed by atoms with E-state index >= 15 is 0 Å². The molecule has 0 aliphatic heterocycles. The molecule has 0 aliphatic carbocycles. The monoisotopic (exact) mass is 334 g/mol. The average Bonchev–Trinajstić information content (AvgIpc) is 2.63. The number of benzene rings is 2. The van der Waals surface area contributed by atoms with Crippen molar-refractivity contribution in [2.75, 3.05) is 11.6 Å². The lowest BCUT2D eigenvalue weighted by Gasteiger charge is -2.21. The molecule has 0 radical (unpaired) electrons. The van der Waals surface area contributed by atoms with Crippen molar-refractivity contribution >= 4 is 11.9 Å². The normalized spacial score (nSPS) is 12.2. The first-order chi connectivity index (χ1) is 12.1. The van der Waals surface area contributed by atoms with Gasteiger partial charge in [0.05, 0.1) is 11.9 Å². The van der Waals surface area contributed by atoms with Gasteiger partial charge in [0.2, 0.25) is 0 Å². The summed E-state index contributed by atoms with van der Waals surface area (Å²) in [4.78, 5) is 0. The molecule has 0 saturated carbocycles. The number of anilines is 1. The molecule has 2 nitrogen and oxygen atoms in total. The Morgan fingerprint density at radius 3 is 2.32 bits per heavy atom. The first-order valence-electron chi connectivity index (χ1n) is 9.21. The number of nitrogens with zero attached hydrogens (tertiary/aromatic N) is 2. The molecule has 0 spiro atoms. The first kappa shape index (κ1) is 19.0. The maximum Gasteiger partial charge on any atom is 0.0593 e. The molecular weight excluding hydrogens is 304 g/mol. The van der Waals surface area contributed by atoms with Crippen molar-refractivity contribution in [2.24, 2.45) is 11.0 Å². The molecule has 2 aromatic carbocycles. The molecule has 0 N–H and O–H groups in total. The van der Waals surface area contributed by atoms with Crippen LogP contribution in [0.3, 0.4) is 0 Å². The van der Waals surface area contributed by atoms with Gasteiger partial charge in [-0.15, -0.1) is 6.58 Å². The molecule has 2 rings (SSSR count). The van der Waals surface area contributed by atoms with E-state index in [0.717, 1.165) is 30.6 Å². The number of hydrazone groups is 1. The Kier molecular flexibility index (Phi) is 7.97. The molecule has 0 amide bonds. The lowest BCUT2D eigenvalue weighted by Crippen LogP contribution is -2.20. The van der Waals surface area contributed by atoms with E-state index < -0.39 is 0 Å². The molecule has 2 heteroatoms. The minimum absolute atomic E-state index is 0.692. The predicted molar refractivity (Wildman–Crippen MR) is 110 cm³/mol. The van der Waals surface area contributed by atoms with E-state index in [-0.39, 0.29) is 0 Å². The second-order valence-electron chi connectivity index (χ2n) is 6.86. The summed E-state index contributed by atoms with van der Waals surface area (Å²) in [7, 11) is 0. The van der Waals surface area contributed by atoms with Crippen molar-refractivity contribution in [2.45, 2.75) is 39.5 Å². The van der Waals surface area contributed by atoms with Gasteiger partial charge in [-0.1, -0.05) is 67.4 Å². The summed E-state index contributed by atoms with van der Waals surface area (Å²) in [5, 5.41) is 6.85. The number of para-hydroxylation sites is 1. The minimum Gasteiger partial charge on any atom is -0.266 e. The number of hydrogen-bond acceptors (Lipinski definition) is 2.